The maximum atomic E-state index is 6.30. The molecule has 0 bridgehead atoms. The number of nitrogens with zero attached hydrogens (tertiary/aromatic N) is 3. The molecule has 2 saturated carbocycles. The fourth-order valence-corrected chi connectivity index (χ4v) is 3.17. The normalized spacial score (nSPS) is 20.6. The van der Waals surface area contributed by atoms with Crippen molar-refractivity contribution in [2.24, 2.45) is 0 Å². The number of halogens is 1. The highest BCUT2D eigenvalue weighted by molar-refractivity contribution is 6.30. The number of aromatic nitrogens is 2. The molecule has 0 saturated heterocycles. The standard InChI is InChI=1S/C15H22ClN3/c1-10-13(16)17-14(11-8-9-11)18-15(10)19(2)12-6-4-3-5-7-12/h11-12H,3-9H2,1-2H3. The van der Waals surface area contributed by atoms with Crippen LogP contribution in [0.25, 0.3) is 0 Å². The minimum atomic E-state index is 0.552. The Morgan fingerprint density at radius 2 is 1.74 bits per heavy atom. The zero-order chi connectivity index (χ0) is 13.4. The first-order chi connectivity index (χ1) is 9.16. The maximum absolute atomic E-state index is 6.30. The zero-order valence-electron chi connectivity index (χ0n) is 11.8. The van der Waals surface area contributed by atoms with Crippen LogP contribution in [0.1, 0.15) is 62.3 Å². The molecule has 1 heterocycles. The summed E-state index contributed by atoms with van der Waals surface area (Å²) in [6, 6.07) is 0.616. The molecule has 0 amide bonds. The molecule has 1 aromatic heterocycles. The first-order valence-corrected chi connectivity index (χ1v) is 7.81. The van der Waals surface area contributed by atoms with Crippen LogP contribution in [0.2, 0.25) is 5.15 Å². The van der Waals surface area contributed by atoms with Crippen molar-refractivity contribution in [1.29, 1.82) is 0 Å². The molecule has 19 heavy (non-hydrogen) atoms. The Kier molecular flexibility index (Phi) is 3.66. The first kappa shape index (κ1) is 13.2. The van der Waals surface area contributed by atoms with Crippen LogP contribution in [-0.2, 0) is 0 Å². The fourth-order valence-electron chi connectivity index (χ4n) is 3.00. The zero-order valence-corrected chi connectivity index (χ0v) is 12.6. The molecule has 3 rings (SSSR count). The van der Waals surface area contributed by atoms with E-state index in [0.29, 0.717) is 17.1 Å². The number of anilines is 1. The van der Waals surface area contributed by atoms with Crippen LogP contribution in [0.15, 0.2) is 0 Å². The average Bonchev–Trinajstić information content (AvgIpc) is 3.26. The Labute approximate surface area is 120 Å². The van der Waals surface area contributed by atoms with Crippen molar-refractivity contribution in [1.82, 2.24) is 9.97 Å². The van der Waals surface area contributed by atoms with Crippen molar-refractivity contribution in [3.8, 4) is 0 Å². The molecule has 2 aliphatic carbocycles. The fraction of sp³-hybridized carbons (Fsp3) is 0.733. The molecule has 2 fully saturated rings. The summed E-state index contributed by atoms with van der Waals surface area (Å²) < 4.78 is 0. The second-order valence-corrected chi connectivity index (χ2v) is 6.36. The van der Waals surface area contributed by atoms with E-state index in [1.54, 1.807) is 0 Å². The Morgan fingerprint density at radius 1 is 1.05 bits per heavy atom. The van der Waals surface area contributed by atoms with Gasteiger partial charge in [-0.25, -0.2) is 9.97 Å². The van der Waals surface area contributed by atoms with E-state index in [0.717, 1.165) is 17.2 Å². The quantitative estimate of drug-likeness (QED) is 0.781. The third-order valence-corrected chi connectivity index (χ3v) is 4.85. The van der Waals surface area contributed by atoms with Gasteiger partial charge in [-0.2, -0.15) is 0 Å². The minimum absolute atomic E-state index is 0.552. The summed E-state index contributed by atoms with van der Waals surface area (Å²) in [5.41, 5.74) is 1.03. The monoisotopic (exact) mass is 279 g/mol. The lowest BCUT2D eigenvalue weighted by Crippen LogP contribution is -2.34. The van der Waals surface area contributed by atoms with Gasteiger partial charge in [0.1, 0.15) is 16.8 Å². The topological polar surface area (TPSA) is 29.0 Å². The lowest BCUT2D eigenvalue weighted by molar-refractivity contribution is 0.425. The van der Waals surface area contributed by atoms with E-state index < -0.39 is 0 Å². The summed E-state index contributed by atoms with van der Waals surface area (Å²) >= 11 is 6.30. The van der Waals surface area contributed by atoms with E-state index >= 15 is 0 Å². The second-order valence-electron chi connectivity index (χ2n) is 6.00. The van der Waals surface area contributed by atoms with Gasteiger partial charge in [-0.3, -0.25) is 0 Å². The van der Waals surface area contributed by atoms with Gasteiger partial charge in [0.2, 0.25) is 0 Å². The Bertz CT molecular complexity index is 465. The molecule has 104 valence electrons. The van der Waals surface area contributed by atoms with E-state index in [4.69, 9.17) is 16.6 Å². The number of hydrogen-bond acceptors (Lipinski definition) is 3. The van der Waals surface area contributed by atoms with E-state index in [9.17, 15) is 0 Å². The summed E-state index contributed by atoms with van der Waals surface area (Å²) in [6.45, 7) is 2.04. The summed E-state index contributed by atoms with van der Waals surface area (Å²) in [4.78, 5) is 11.6. The van der Waals surface area contributed by atoms with Gasteiger partial charge in [0.05, 0.1) is 0 Å². The van der Waals surface area contributed by atoms with Gasteiger partial charge in [-0.1, -0.05) is 30.9 Å². The van der Waals surface area contributed by atoms with Gasteiger partial charge in [-0.15, -0.1) is 0 Å². The van der Waals surface area contributed by atoms with Gasteiger partial charge in [0, 0.05) is 24.6 Å². The molecule has 0 aliphatic heterocycles. The summed E-state index contributed by atoms with van der Waals surface area (Å²) in [5.74, 6) is 2.55. The molecule has 0 aromatic carbocycles. The van der Waals surface area contributed by atoms with Crippen LogP contribution in [0, 0.1) is 6.92 Å². The second kappa shape index (κ2) is 5.28. The van der Waals surface area contributed by atoms with Gasteiger partial charge in [0.15, 0.2) is 0 Å². The molecule has 2 aliphatic rings. The summed E-state index contributed by atoms with van der Waals surface area (Å²) in [7, 11) is 2.17. The van der Waals surface area contributed by atoms with E-state index in [1.165, 1.54) is 44.9 Å². The van der Waals surface area contributed by atoms with Crippen LogP contribution < -0.4 is 4.90 Å². The molecule has 0 spiro atoms. The van der Waals surface area contributed by atoms with E-state index in [1.807, 2.05) is 6.92 Å². The lowest BCUT2D eigenvalue weighted by atomic mass is 9.94. The van der Waals surface area contributed by atoms with Crippen molar-refractivity contribution < 1.29 is 0 Å². The first-order valence-electron chi connectivity index (χ1n) is 7.43. The molecular formula is C15H22ClN3. The predicted octanol–water partition coefficient (Wildman–Crippen LogP) is 4.08. The summed E-state index contributed by atoms with van der Waals surface area (Å²) in [6.07, 6.45) is 9.02. The van der Waals surface area contributed by atoms with Crippen LogP contribution in [0.4, 0.5) is 5.82 Å². The molecule has 0 radical (unpaired) electrons. The third-order valence-electron chi connectivity index (χ3n) is 4.48. The molecule has 4 heteroatoms. The summed E-state index contributed by atoms with van der Waals surface area (Å²) in [5, 5.41) is 0.634. The van der Waals surface area contributed by atoms with Crippen molar-refractivity contribution in [3.63, 3.8) is 0 Å². The largest absolute Gasteiger partial charge is 0.356 e. The SMILES string of the molecule is Cc1c(Cl)nc(C2CC2)nc1N(C)C1CCCCC1. The molecule has 3 nitrogen and oxygen atoms in total. The smallest absolute Gasteiger partial charge is 0.137 e. The van der Waals surface area contributed by atoms with E-state index in [2.05, 4.69) is 16.9 Å². The molecule has 1 aromatic rings. The maximum Gasteiger partial charge on any atom is 0.137 e. The van der Waals surface area contributed by atoms with Crippen molar-refractivity contribution in [2.45, 2.75) is 63.8 Å². The Balaban J connectivity index is 1.89. The lowest BCUT2D eigenvalue weighted by Gasteiger charge is -2.33. The molecule has 0 unspecified atom stereocenters. The van der Waals surface area contributed by atoms with Crippen LogP contribution >= 0.6 is 11.6 Å². The van der Waals surface area contributed by atoms with Gasteiger partial charge in [0.25, 0.3) is 0 Å². The minimum Gasteiger partial charge on any atom is -0.356 e. The molecular weight excluding hydrogens is 258 g/mol. The number of rotatable bonds is 3. The number of hydrogen-bond donors (Lipinski definition) is 0. The van der Waals surface area contributed by atoms with Crippen molar-refractivity contribution in [3.05, 3.63) is 16.5 Å². The van der Waals surface area contributed by atoms with Crippen LogP contribution in [0.3, 0.4) is 0 Å². The molecule has 0 N–H and O–H groups in total. The third kappa shape index (κ3) is 2.71. The molecule has 0 atom stereocenters. The highest BCUT2D eigenvalue weighted by Gasteiger charge is 2.29. The van der Waals surface area contributed by atoms with Gasteiger partial charge < -0.3 is 4.90 Å². The van der Waals surface area contributed by atoms with Crippen molar-refractivity contribution in [2.75, 3.05) is 11.9 Å². The predicted molar refractivity (Wildman–Crippen MR) is 79.0 cm³/mol. The van der Waals surface area contributed by atoms with Crippen molar-refractivity contribution >= 4 is 17.4 Å². The van der Waals surface area contributed by atoms with Crippen LogP contribution in [-0.4, -0.2) is 23.1 Å². The Hall–Kier alpha value is -0.830. The van der Waals surface area contributed by atoms with Gasteiger partial charge >= 0.3 is 0 Å². The highest BCUT2D eigenvalue weighted by Crippen LogP contribution is 2.40. The Morgan fingerprint density at radius 3 is 2.37 bits per heavy atom. The highest BCUT2D eigenvalue weighted by atomic mass is 35.5. The van der Waals surface area contributed by atoms with E-state index in [-0.39, 0.29) is 0 Å². The van der Waals surface area contributed by atoms with Crippen LogP contribution in [0.5, 0.6) is 0 Å². The van der Waals surface area contributed by atoms with Gasteiger partial charge in [-0.05, 0) is 32.6 Å². The average molecular weight is 280 g/mol.